The van der Waals surface area contributed by atoms with Gasteiger partial charge in [0.05, 0.1) is 0 Å². The zero-order valence-corrected chi connectivity index (χ0v) is 12.7. The van der Waals surface area contributed by atoms with Crippen molar-refractivity contribution in [1.29, 1.82) is 0 Å². The van der Waals surface area contributed by atoms with Gasteiger partial charge in [0.1, 0.15) is 29.9 Å². The van der Waals surface area contributed by atoms with Gasteiger partial charge >= 0.3 is 0 Å². The van der Waals surface area contributed by atoms with Crippen LogP contribution in [0.1, 0.15) is 19.2 Å². The molecule has 110 valence electrons. The Morgan fingerprint density at radius 3 is 2.76 bits per heavy atom. The number of hydrogen-bond donors (Lipinski definition) is 1. The van der Waals surface area contributed by atoms with Crippen LogP contribution in [0.25, 0.3) is 0 Å². The highest BCUT2D eigenvalue weighted by Gasteiger charge is 2.13. The summed E-state index contributed by atoms with van der Waals surface area (Å²) in [7, 11) is 0. The molecule has 1 aromatic carbocycles. The minimum Gasteiger partial charge on any atom is -0.486 e. The molecule has 2 aromatic rings. The van der Waals surface area contributed by atoms with Crippen molar-refractivity contribution in [3.05, 3.63) is 30.1 Å². The number of nitrogen functional groups attached to an aromatic ring is 1. The summed E-state index contributed by atoms with van der Waals surface area (Å²) in [6.45, 7) is 3.28. The van der Waals surface area contributed by atoms with Crippen LogP contribution in [0.5, 0.6) is 11.5 Å². The van der Waals surface area contributed by atoms with Crippen LogP contribution in [-0.4, -0.2) is 23.2 Å². The summed E-state index contributed by atoms with van der Waals surface area (Å²) in [4.78, 5) is 9.82. The molecule has 1 aromatic heterocycles. The molecule has 6 heteroatoms. The molecule has 0 amide bonds. The lowest BCUT2D eigenvalue weighted by Gasteiger charge is -2.18. The number of ether oxygens (including phenoxy) is 2. The number of aryl methyl sites for hydroxylation is 1. The van der Waals surface area contributed by atoms with Gasteiger partial charge in [0.15, 0.2) is 11.5 Å². The number of nitrogens with zero attached hydrogens (tertiary/aromatic N) is 2. The monoisotopic (exact) mass is 303 g/mol. The second-order valence-corrected chi connectivity index (χ2v) is 5.80. The van der Waals surface area contributed by atoms with Crippen molar-refractivity contribution in [2.24, 2.45) is 0 Å². The minimum atomic E-state index is 0.508. The first-order valence-corrected chi connectivity index (χ1v) is 7.77. The van der Waals surface area contributed by atoms with Crippen molar-refractivity contribution in [3.8, 4) is 11.5 Å². The lowest BCUT2D eigenvalue weighted by atomic mass is 10.3. The fourth-order valence-corrected chi connectivity index (χ4v) is 2.96. The van der Waals surface area contributed by atoms with E-state index in [-0.39, 0.29) is 0 Å². The van der Waals surface area contributed by atoms with Crippen LogP contribution in [0.2, 0.25) is 0 Å². The highest BCUT2D eigenvalue weighted by atomic mass is 32.2. The standard InChI is InChI=1S/C15H17N3O2S/c1-2-3-14-17-13(16)9-15(18-14)21-10-4-5-11-12(8-10)20-7-6-19-11/h4-5,8-9H,2-3,6-7H2,1H3,(H2,16,17,18). The molecule has 0 radical (unpaired) electrons. The highest BCUT2D eigenvalue weighted by Crippen LogP contribution is 2.36. The van der Waals surface area contributed by atoms with E-state index in [0.717, 1.165) is 40.1 Å². The fourth-order valence-electron chi connectivity index (χ4n) is 2.09. The largest absolute Gasteiger partial charge is 0.486 e. The predicted molar refractivity (Wildman–Crippen MR) is 82.0 cm³/mol. The normalized spacial score (nSPS) is 13.2. The lowest BCUT2D eigenvalue weighted by molar-refractivity contribution is 0.171. The van der Waals surface area contributed by atoms with E-state index in [1.54, 1.807) is 17.8 Å². The van der Waals surface area contributed by atoms with Crippen molar-refractivity contribution in [2.45, 2.75) is 29.7 Å². The van der Waals surface area contributed by atoms with Crippen LogP contribution >= 0.6 is 11.8 Å². The molecule has 1 aliphatic heterocycles. The fraction of sp³-hybridized carbons (Fsp3) is 0.333. The maximum atomic E-state index is 5.85. The summed E-state index contributed by atoms with van der Waals surface area (Å²) in [5.41, 5.74) is 5.85. The Morgan fingerprint density at radius 1 is 1.14 bits per heavy atom. The highest BCUT2D eigenvalue weighted by molar-refractivity contribution is 7.99. The summed E-state index contributed by atoms with van der Waals surface area (Å²) >= 11 is 1.55. The van der Waals surface area contributed by atoms with E-state index in [9.17, 15) is 0 Å². The Kier molecular flexibility index (Phi) is 4.15. The molecule has 0 atom stereocenters. The molecule has 5 nitrogen and oxygen atoms in total. The first-order chi connectivity index (χ1) is 10.2. The van der Waals surface area contributed by atoms with Gasteiger partial charge in [0, 0.05) is 17.4 Å². The van der Waals surface area contributed by atoms with Crippen LogP contribution < -0.4 is 15.2 Å². The molecule has 2 N–H and O–H groups in total. The van der Waals surface area contributed by atoms with Crippen molar-refractivity contribution in [3.63, 3.8) is 0 Å². The molecule has 0 fully saturated rings. The molecule has 0 aliphatic carbocycles. The first-order valence-electron chi connectivity index (χ1n) is 6.95. The van der Waals surface area contributed by atoms with Crippen LogP contribution in [0.4, 0.5) is 5.82 Å². The molecule has 21 heavy (non-hydrogen) atoms. The Bertz CT molecular complexity index is 649. The van der Waals surface area contributed by atoms with Gasteiger partial charge < -0.3 is 15.2 Å². The van der Waals surface area contributed by atoms with Gasteiger partial charge in [-0.25, -0.2) is 9.97 Å². The number of aromatic nitrogens is 2. The van der Waals surface area contributed by atoms with Gasteiger partial charge in [-0.05, 0) is 24.6 Å². The van der Waals surface area contributed by atoms with Gasteiger partial charge in [0.25, 0.3) is 0 Å². The smallest absolute Gasteiger partial charge is 0.162 e. The summed E-state index contributed by atoms with van der Waals surface area (Å²) in [5.74, 6) is 2.87. The minimum absolute atomic E-state index is 0.508. The SMILES string of the molecule is CCCc1nc(N)cc(Sc2ccc3c(c2)OCCO3)n1. The number of hydrogen-bond acceptors (Lipinski definition) is 6. The molecular formula is C15H17N3O2S. The maximum absolute atomic E-state index is 5.85. The Balaban J connectivity index is 1.83. The van der Waals surface area contributed by atoms with Crippen molar-refractivity contribution < 1.29 is 9.47 Å². The Labute approximate surface area is 127 Å². The van der Waals surface area contributed by atoms with E-state index < -0.39 is 0 Å². The average molecular weight is 303 g/mol. The summed E-state index contributed by atoms with van der Waals surface area (Å²) in [5, 5.41) is 0.850. The van der Waals surface area contributed by atoms with Gasteiger partial charge in [0.2, 0.25) is 0 Å². The molecule has 1 aliphatic rings. The second kappa shape index (κ2) is 6.22. The van der Waals surface area contributed by atoms with Gasteiger partial charge in [-0.1, -0.05) is 18.7 Å². The van der Waals surface area contributed by atoms with E-state index in [1.165, 1.54) is 0 Å². The summed E-state index contributed by atoms with van der Waals surface area (Å²) < 4.78 is 11.1. The molecular weight excluding hydrogens is 286 g/mol. The van der Waals surface area contributed by atoms with Crippen LogP contribution in [-0.2, 0) is 6.42 Å². The van der Waals surface area contributed by atoms with E-state index in [0.29, 0.717) is 19.0 Å². The van der Waals surface area contributed by atoms with Crippen LogP contribution in [0, 0.1) is 0 Å². The zero-order chi connectivity index (χ0) is 14.7. The number of rotatable bonds is 4. The quantitative estimate of drug-likeness (QED) is 0.876. The molecule has 0 spiro atoms. The molecule has 0 bridgehead atoms. The van der Waals surface area contributed by atoms with E-state index in [2.05, 4.69) is 16.9 Å². The lowest BCUT2D eigenvalue weighted by Crippen LogP contribution is -2.15. The number of anilines is 1. The van der Waals surface area contributed by atoms with Gasteiger partial charge in [-0.15, -0.1) is 0 Å². The third-order valence-corrected chi connectivity index (χ3v) is 3.89. The number of nitrogens with two attached hydrogens (primary N) is 1. The first kappa shape index (κ1) is 14.0. The molecule has 0 saturated carbocycles. The average Bonchev–Trinajstić information content (AvgIpc) is 2.47. The Morgan fingerprint density at radius 2 is 1.95 bits per heavy atom. The van der Waals surface area contributed by atoms with E-state index in [1.807, 2.05) is 18.2 Å². The number of benzene rings is 1. The van der Waals surface area contributed by atoms with Crippen LogP contribution in [0.3, 0.4) is 0 Å². The third-order valence-electron chi connectivity index (χ3n) is 2.98. The van der Waals surface area contributed by atoms with E-state index in [4.69, 9.17) is 15.2 Å². The number of fused-ring (bicyclic) bond motifs is 1. The van der Waals surface area contributed by atoms with Crippen molar-refractivity contribution in [2.75, 3.05) is 18.9 Å². The predicted octanol–water partition coefficient (Wildman–Crippen LogP) is 2.93. The summed E-state index contributed by atoms with van der Waals surface area (Å²) in [6, 6.07) is 7.68. The topological polar surface area (TPSA) is 70.3 Å². The second-order valence-electron chi connectivity index (χ2n) is 4.70. The zero-order valence-electron chi connectivity index (χ0n) is 11.8. The molecule has 2 heterocycles. The maximum Gasteiger partial charge on any atom is 0.162 e. The Hall–Kier alpha value is -1.95. The van der Waals surface area contributed by atoms with Gasteiger partial charge in [-0.3, -0.25) is 0 Å². The molecule has 3 rings (SSSR count). The van der Waals surface area contributed by atoms with Crippen molar-refractivity contribution >= 4 is 17.6 Å². The summed E-state index contributed by atoms with van der Waals surface area (Å²) in [6.07, 6.45) is 1.83. The third kappa shape index (κ3) is 3.39. The van der Waals surface area contributed by atoms with Gasteiger partial charge in [-0.2, -0.15) is 0 Å². The van der Waals surface area contributed by atoms with E-state index >= 15 is 0 Å². The van der Waals surface area contributed by atoms with Crippen LogP contribution in [0.15, 0.2) is 34.2 Å². The van der Waals surface area contributed by atoms with Crippen molar-refractivity contribution in [1.82, 2.24) is 9.97 Å². The molecule has 0 unspecified atom stereocenters. The molecule has 0 saturated heterocycles.